The Morgan fingerprint density at radius 2 is 1.76 bits per heavy atom. The summed E-state index contributed by atoms with van der Waals surface area (Å²) in [6, 6.07) is 16.1. The fourth-order valence-corrected chi connectivity index (χ4v) is 5.39. The minimum absolute atomic E-state index is 0.171. The Kier molecular flexibility index (Phi) is 6.76. The Morgan fingerprint density at radius 1 is 1.00 bits per heavy atom. The molecule has 8 heteroatoms. The van der Waals surface area contributed by atoms with Crippen LogP contribution in [0.25, 0.3) is 0 Å². The third-order valence-electron chi connectivity index (χ3n) is 5.82. The van der Waals surface area contributed by atoms with Gasteiger partial charge in [0.25, 0.3) is 15.9 Å². The summed E-state index contributed by atoms with van der Waals surface area (Å²) in [7, 11) is -3.83. The fraction of sp³-hybridized carbons (Fsp3) is 0.280. The van der Waals surface area contributed by atoms with Crippen LogP contribution in [0.3, 0.4) is 0 Å². The Labute approximate surface area is 195 Å². The number of amides is 1. The van der Waals surface area contributed by atoms with Gasteiger partial charge in [-0.3, -0.25) is 19.4 Å². The first-order valence-electron chi connectivity index (χ1n) is 10.9. The van der Waals surface area contributed by atoms with Crippen molar-refractivity contribution in [3.05, 3.63) is 89.2 Å². The van der Waals surface area contributed by atoms with Crippen molar-refractivity contribution in [1.29, 1.82) is 0 Å². The number of nitrogens with one attached hydrogen (secondary N) is 1. The van der Waals surface area contributed by atoms with E-state index in [9.17, 15) is 13.2 Å². The number of rotatable bonds is 6. The minimum Gasteiger partial charge on any atom is -0.336 e. The van der Waals surface area contributed by atoms with Crippen LogP contribution in [0.2, 0.25) is 0 Å². The summed E-state index contributed by atoms with van der Waals surface area (Å²) in [6.45, 7) is 7.06. The van der Waals surface area contributed by atoms with E-state index < -0.39 is 10.0 Å². The summed E-state index contributed by atoms with van der Waals surface area (Å²) in [6.07, 6.45) is 3.61. The highest BCUT2D eigenvalue weighted by Crippen LogP contribution is 2.24. The molecule has 0 atom stereocenters. The SMILES string of the molecule is Cc1ccc(C)c(S(=O)(=O)Nc2ccccc2C(=O)N2CCN(Cc3cccnc3)CC2)c1. The second-order valence-corrected chi connectivity index (χ2v) is 10.0. The molecule has 1 amide bonds. The highest BCUT2D eigenvalue weighted by atomic mass is 32.2. The third kappa shape index (κ3) is 5.40. The average molecular weight is 465 g/mol. The lowest BCUT2D eigenvalue weighted by Crippen LogP contribution is -2.48. The third-order valence-corrected chi connectivity index (χ3v) is 7.33. The molecule has 0 radical (unpaired) electrons. The summed E-state index contributed by atoms with van der Waals surface area (Å²) in [5.74, 6) is -0.171. The van der Waals surface area contributed by atoms with Crippen LogP contribution in [-0.4, -0.2) is 55.3 Å². The zero-order valence-electron chi connectivity index (χ0n) is 18.9. The standard InChI is InChI=1S/C25H28N4O3S/c1-19-9-10-20(2)24(16-19)33(31,32)27-23-8-4-3-7-22(23)25(30)29-14-12-28(13-15-29)18-21-6-5-11-26-17-21/h3-11,16-17,27H,12-15,18H2,1-2H3. The van der Waals surface area contributed by atoms with E-state index >= 15 is 0 Å². The van der Waals surface area contributed by atoms with Gasteiger partial charge < -0.3 is 4.90 Å². The second-order valence-electron chi connectivity index (χ2n) is 8.35. The molecule has 1 aliphatic rings. The topological polar surface area (TPSA) is 82.6 Å². The normalized spacial score (nSPS) is 14.8. The molecule has 33 heavy (non-hydrogen) atoms. The van der Waals surface area contributed by atoms with Gasteiger partial charge in [0.2, 0.25) is 0 Å². The molecule has 1 N–H and O–H groups in total. The smallest absolute Gasteiger partial charge is 0.262 e. The van der Waals surface area contributed by atoms with E-state index in [0.717, 1.165) is 30.8 Å². The van der Waals surface area contributed by atoms with Crippen LogP contribution in [0.4, 0.5) is 5.69 Å². The lowest BCUT2D eigenvalue weighted by atomic mass is 10.1. The van der Waals surface area contributed by atoms with Crippen molar-refractivity contribution in [3.63, 3.8) is 0 Å². The number of hydrogen-bond acceptors (Lipinski definition) is 5. The maximum Gasteiger partial charge on any atom is 0.262 e. The van der Waals surface area contributed by atoms with Gasteiger partial charge in [-0.2, -0.15) is 0 Å². The molecule has 0 bridgehead atoms. The minimum atomic E-state index is -3.83. The molecule has 0 aliphatic carbocycles. The molecule has 3 aromatic rings. The van der Waals surface area contributed by atoms with Gasteiger partial charge in [0.1, 0.15) is 0 Å². The molecule has 1 aliphatic heterocycles. The highest BCUT2D eigenvalue weighted by Gasteiger charge is 2.26. The van der Waals surface area contributed by atoms with Gasteiger partial charge in [0.15, 0.2) is 0 Å². The first kappa shape index (κ1) is 22.9. The zero-order chi connectivity index (χ0) is 23.4. The van der Waals surface area contributed by atoms with Gasteiger partial charge in [-0.25, -0.2) is 8.42 Å². The van der Waals surface area contributed by atoms with Crippen molar-refractivity contribution in [2.24, 2.45) is 0 Å². The van der Waals surface area contributed by atoms with Crippen molar-refractivity contribution < 1.29 is 13.2 Å². The van der Waals surface area contributed by atoms with Gasteiger partial charge in [-0.15, -0.1) is 0 Å². The van der Waals surface area contributed by atoms with Crippen LogP contribution in [0.1, 0.15) is 27.0 Å². The van der Waals surface area contributed by atoms with E-state index in [2.05, 4.69) is 14.6 Å². The number of anilines is 1. The van der Waals surface area contributed by atoms with Crippen molar-refractivity contribution in [3.8, 4) is 0 Å². The molecule has 172 valence electrons. The van der Waals surface area contributed by atoms with Gasteiger partial charge in [-0.1, -0.05) is 30.3 Å². The van der Waals surface area contributed by atoms with Crippen LogP contribution in [0.15, 0.2) is 71.9 Å². The number of para-hydroxylation sites is 1. The second kappa shape index (κ2) is 9.72. The van der Waals surface area contributed by atoms with E-state index in [1.54, 1.807) is 54.4 Å². The number of hydrogen-bond donors (Lipinski definition) is 1. The van der Waals surface area contributed by atoms with E-state index in [-0.39, 0.29) is 10.8 Å². The molecule has 7 nitrogen and oxygen atoms in total. The number of carbonyl (C=O) groups excluding carboxylic acids is 1. The van der Waals surface area contributed by atoms with Crippen molar-refractivity contribution >= 4 is 21.6 Å². The number of aryl methyl sites for hydroxylation is 2. The lowest BCUT2D eigenvalue weighted by Gasteiger charge is -2.35. The largest absolute Gasteiger partial charge is 0.336 e. The first-order valence-corrected chi connectivity index (χ1v) is 12.4. The molecule has 2 heterocycles. The molecule has 1 aromatic heterocycles. The quantitative estimate of drug-likeness (QED) is 0.604. The predicted molar refractivity (Wildman–Crippen MR) is 129 cm³/mol. The van der Waals surface area contributed by atoms with Gasteiger partial charge >= 0.3 is 0 Å². The molecule has 0 unspecified atom stereocenters. The van der Waals surface area contributed by atoms with Crippen LogP contribution < -0.4 is 4.72 Å². The Bertz CT molecular complexity index is 1240. The van der Waals surface area contributed by atoms with E-state index in [1.807, 2.05) is 31.3 Å². The fourth-order valence-electron chi connectivity index (χ4n) is 3.98. The van der Waals surface area contributed by atoms with Gasteiger partial charge in [-0.05, 0) is 54.8 Å². The van der Waals surface area contributed by atoms with E-state index in [1.165, 1.54) is 0 Å². The lowest BCUT2D eigenvalue weighted by molar-refractivity contribution is 0.0629. The monoisotopic (exact) mass is 464 g/mol. The summed E-state index contributed by atoms with van der Waals surface area (Å²) >= 11 is 0. The summed E-state index contributed by atoms with van der Waals surface area (Å²) in [5.41, 5.74) is 3.30. The first-order chi connectivity index (χ1) is 15.8. The highest BCUT2D eigenvalue weighted by molar-refractivity contribution is 7.92. The molecular weight excluding hydrogens is 436 g/mol. The van der Waals surface area contributed by atoms with Crippen molar-refractivity contribution in [2.75, 3.05) is 30.9 Å². The number of aromatic nitrogens is 1. The summed E-state index contributed by atoms with van der Waals surface area (Å²) < 4.78 is 28.8. The van der Waals surface area contributed by atoms with Gasteiger partial charge in [0.05, 0.1) is 16.1 Å². The van der Waals surface area contributed by atoms with Crippen LogP contribution in [0.5, 0.6) is 0 Å². The van der Waals surface area contributed by atoms with Crippen molar-refractivity contribution in [2.45, 2.75) is 25.3 Å². The Morgan fingerprint density at radius 3 is 2.48 bits per heavy atom. The maximum absolute atomic E-state index is 13.3. The Hall–Kier alpha value is -3.23. The zero-order valence-corrected chi connectivity index (χ0v) is 19.7. The number of benzene rings is 2. The average Bonchev–Trinajstić information content (AvgIpc) is 2.81. The number of nitrogens with zero attached hydrogens (tertiary/aromatic N) is 3. The van der Waals surface area contributed by atoms with E-state index in [4.69, 9.17) is 0 Å². The van der Waals surface area contributed by atoms with Crippen LogP contribution >= 0.6 is 0 Å². The maximum atomic E-state index is 13.3. The molecular formula is C25H28N4O3S. The summed E-state index contributed by atoms with van der Waals surface area (Å²) in [5, 5.41) is 0. The number of piperazine rings is 1. The summed E-state index contributed by atoms with van der Waals surface area (Å²) in [4.78, 5) is 21.7. The van der Waals surface area contributed by atoms with Crippen LogP contribution in [-0.2, 0) is 16.6 Å². The number of pyridine rings is 1. The predicted octanol–water partition coefficient (Wildman–Crippen LogP) is 3.46. The molecule has 0 spiro atoms. The Balaban J connectivity index is 1.47. The van der Waals surface area contributed by atoms with Crippen molar-refractivity contribution in [1.82, 2.24) is 14.8 Å². The molecule has 2 aromatic carbocycles. The van der Waals surface area contributed by atoms with E-state index in [0.29, 0.717) is 29.9 Å². The molecule has 4 rings (SSSR count). The molecule has 1 fully saturated rings. The number of sulfonamides is 1. The van der Waals surface area contributed by atoms with Crippen LogP contribution in [0, 0.1) is 13.8 Å². The molecule has 1 saturated heterocycles. The molecule has 0 saturated carbocycles. The van der Waals surface area contributed by atoms with Gasteiger partial charge in [0, 0.05) is 45.1 Å². The number of carbonyl (C=O) groups is 1.